The van der Waals surface area contributed by atoms with Gasteiger partial charge in [0, 0.05) is 0 Å². The van der Waals surface area contributed by atoms with Crippen LogP contribution in [0.3, 0.4) is 0 Å². The second kappa shape index (κ2) is 7.11. The molecule has 1 aliphatic rings. The summed E-state index contributed by atoms with van der Waals surface area (Å²) in [6, 6.07) is 0. The van der Waals surface area contributed by atoms with Gasteiger partial charge in [-0.1, -0.05) is 45.6 Å². The molecule has 1 heteroatoms. The molecule has 0 heterocycles. The molecule has 0 atom stereocenters. The quantitative estimate of drug-likeness (QED) is 0.677. The van der Waals surface area contributed by atoms with Gasteiger partial charge in [-0.25, -0.2) is 0 Å². The summed E-state index contributed by atoms with van der Waals surface area (Å²) < 4.78 is 0. The summed E-state index contributed by atoms with van der Waals surface area (Å²) in [6.07, 6.45) is 13.9. The van der Waals surface area contributed by atoms with Gasteiger partial charge in [-0.2, -0.15) is 0 Å². The Kier molecular flexibility index (Phi) is 6.12. The van der Waals surface area contributed by atoms with Crippen LogP contribution in [0.1, 0.15) is 78.1 Å². The highest BCUT2D eigenvalue weighted by Gasteiger charge is 2.29. The first-order valence-electron chi connectivity index (χ1n) is 7.15. The lowest BCUT2D eigenvalue weighted by atomic mass is 9.81. The van der Waals surface area contributed by atoms with Crippen molar-refractivity contribution in [3.05, 3.63) is 11.6 Å². The fraction of sp³-hybridized carbons (Fsp3) is 0.867. The van der Waals surface area contributed by atoms with Gasteiger partial charge in [0.2, 0.25) is 0 Å². The molecule has 16 heavy (non-hydrogen) atoms. The number of hydrogen-bond donors (Lipinski definition) is 1. The average Bonchev–Trinajstić information content (AvgIpc) is 2.16. The fourth-order valence-corrected chi connectivity index (χ4v) is 2.89. The van der Waals surface area contributed by atoms with Gasteiger partial charge in [-0.15, -0.1) is 0 Å². The molecule has 94 valence electrons. The highest BCUT2D eigenvalue weighted by molar-refractivity contribution is 5.17. The molecular formula is C15H28O. The van der Waals surface area contributed by atoms with E-state index in [0.717, 1.165) is 32.1 Å². The summed E-state index contributed by atoms with van der Waals surface area (Å²) >= 11 is 0. The van der Waals surface area contributed by atoms with Crippen LogP contribution in [0.4, 0.5) is 0 Å². The molecule has 0 spiro atoms. The van der Waals surface area contributed by atoms with Gasteiger partial charge >= 0.3 is 0 Å². The van der Waals surface area contributed by atoms with Crippen LogP contribution in [0, 0.1) is 0 Å². The lowest BCUT2D eigenvalue weighted by Crippen LogP contribution is -2.31. The number of aliphatic hydroxyl groups is 1. The Bertz CT molecular complexity index is 211. The van der Waals surface area contributed by atoms with Crippen LogP contribution in [0.5, 0.6) is 0 Å². The minimum atomic E-state index is -0.485. The molecule has 0 radical (unpaired) electrons. The highest BCUT2D eigenvalue weighted by Crippen LogP contribution is 2.33. The second-order valence-electron chi connectivity index (χ2n) is 5.21. The molecule has 0 aromatic heterocycles. The highest BCUT2D eigenvalue weighted by atomic mass is 16.3. The molecule has 1 rings (SSSR count). The molecule has 1 nitrogen and oxygen atoms in total. The molecule has 0 aromatic carbocycles. The third kappa shape index (κ3) is 3.93. The van der Waals surface area contributed by atoms with Crippen molar-refractivity contribution >= 4 is 0 Å². The van der Waals surface area contributed by atoms with E-state index in [2.05, 4.69) is 19.9 Å². The lowest BCUT2D eigenvalue weighted by molar-refractivity contribution is 0.0538. The summed E-state index contributed by atoms with van der Waals surface area (Å²) in [5, 5.41) is 10.8. The Morgan fingerprint density at radius 3 is 2.31 bits per heavy atom. The van der Waals surface area contributed by atoms with E-state index in [9.17, 15) is 5.11 Å². The first-order chi connectivity index (χ1) is 7.73. The normalized spacial score (nSPS) is 18.8. The van der Waals surface area contributed by atoms with Crippen molar-refractivity contribution in [2.45, 2.75) is 83.7 Å². The predicted molar refractivity (Wildman–Crippen MR) is 70.6 cm³/mol. The summed E-state index contributed by atoms with van der Waals surface area (Å²) in [7, 11) is 0. The molecule has 1 N–H and O–H groups in total. The van der Waals surface area contributed by atoms with E-state index in [1.54, 1.807) is 0 Å². The molecular weight excluding hydrogens is 196 g/mol. The van der Waals surface area contributed by atoms with E-state index in [1.807, 2.05) is 0 Å². The first kappa shape index (κ1) is 13.8. The summed E-state index contributed by atoms with van der Waals surface area (Å²) in [4.78, 5) is 0. The molecule has 0 aliphatic heterocycles. The van der Waals surface area contributed by atoms with Crippen LogP contribution in [0.2, 0.25) is 0 Å². The molecule has 1 aliphatic carbocycles. The topological polar surface area (TPSA) is 20.2 Å². The van der Waals surface area contributed by atoms with Crippen molar-refractivity contribution in [3.63, 3.8) is 0 Å². The summed E-state index contributed by atoms with van der Waals surface area (Å²) in [5.74, 6) is 0. The van der Waals surface area contributed by atoms with Crippen molar-refractivity contribution in [2.75, 3.05) is 0 Å². The zero-order chi connectivity index (χ0) is 11.9. The van der Waals surface area contributed by atoms with Crippen molar-refractivity contribution in [1.82, 2.24) is 0 Å². The Morgan fingerprint density at radius 1 is 1.06 bits per heavy atom. The van der Waals surface area contributed by atoms with Gasteiger partial charge in [-0.3, -0.25) is 0 Å². The molecule has 0 saturated carbocycles. The van der Waals surface area contributed by atoms with Gasteiger partial charge in [0.15, 0.2) is 0 Å². The van der Waals surface area contributed by atoms with Crippen LogP contribution < -0.4 is 0 Å². The molecule has 0 fully saturated rings. The van der Waals surface area contributed by atoms with E-state index in [0.29, 0.717) is 0 Å². The number of allylic oxidation sites excluding steroid dienone is 1. The minimum absolute atomic E-state index is 0.485. The molecule has 0 bridgehead atoms. The van der Waals surface area contributed by atoms with Crippen LogP contribution in [0.25, 0.3) is 0 Å². The Morgan fingerprint density at radius 2 is 1.69 bits per heavy atom. The van der Waals surface area contributed by atoms with Gasteiger partial charge in [0.1, 0.15) is 0 Å². The first-order valence-corrected chi connectivity index (χ1v) is 7.15. The Hall–Kier alpha value is -0.300. The van der Waals surface area contributed by atoms with Gasteiger partial charge in [0.25, 0.3) is 0 Å². The van der Waals surface area contributed by atoms with Crippen molar-refractivity contribution in [1.29, 1.82) is 0 Å². The van der Waals surface area contributed by atoms with Crippen molar-refractivity contribution in [3.8, 4) is 0 Å². The maximum absolute atomic E-state index is 10.8. The largest absolute Gasteiger partial charge is 0.386 e. The fourth-order valence-electron chi connectivity index (χ4n) is 2.89. The molecule has 0 unspecified atom stereocenters. The van der Waals surface area contributed by atoms with Crippen LogP contribution in [0.15, 0.2) is 11.6 Å². The van der Waals surface area contributed by atoms with Crippen molar-refractivity contribution in [2.24, 2.45) is 0 Å². The third-order valence-electron chi connectivity index (χ3n) is 3.72. The zero-order valence-electron chi connectivity index (χ0n) is 11.1. The zero-order valence-corrected chi connectivity index (χ0v) is 11.1. The van der Waals surface area contributed by atoms with E-state index in [-0.39, 0.29) is 0 Å². The number of rotatable bonds is 5. The minimum Gasteiger partial charge on any atom is -0.386 e. The molecule has 0 aromatic rings. The third-order valence-corrected chi connectivity index (χ3v) is 3.72. The smallest absolute Gasteiger partial charge is 0.0856 e. The lowest BCUT2D eigenvalue weighted by Gasteiger charge is -2.32. The van der Waals surface area contributed by atoms with Crippen LogP contribution >= 0.6 is 0 Å². The van der Waals surface area contributed by atoms with Gasteiger partial charge in [0.05, 0.1) is 5.60 Å². The Balaban J connectivity index is 2.73. The standard InChI is InChI=1S/C15H28O/c1-3-12-15(16,13-4-2)14-10-8-6-5-7-9-11-14/h10,16H,3-9,11-13H2,1-2H3. The van der Waals surface area contributed by atoms with Crippen LogP contribution in [-0.4, -0.2) is 10.7 Å². The van der Waals surface area contributed by atoms with E-state index < -0.39 is 5.60 Å². The maximum Gasteiger partial charge on any atom is 0.0856 e. The Labute approximate surface area is 101 Å². The van der Waals surface area contributed by atoms with Gasteiger partial charge in [-0.05, 0) is 44.1 Å². The average molecular weight is 224 g/mol. The monoisotopic (exact) mass is 224 g/mol. The second-order valence-corrected chi connectivity index (χ2v) is 5.21. The van der Waals surface area contributed by atoms with Gasteiger partial charge < -0.3 is 5.11 Å². The van der Waals surface area contributed by atoms with Crippen LogP contribution in [-0.2, 0) is 0 Å². The molecule has 0 saturated heterocycles. The van der Waals surface area contributed by atoms with E-state index >= 15 is 0 Å². The maximum atomic E-state index is 10.8. The molecule has 0 amide bonds. The predicted octanol–water partition coefficient (Wildman–Crippen LogP) is 4.60. The number of hydrogen-bond acceptors (Lipinski definition) is 1. The van der Waals surface area contributed by atoms with Crippen molar-refractivity contribution < 1.29 is 5.11 Å². The van der Waals surface area contributed by atoms with E-state index in [1.165, 1.54) is 37.7 Å². The van der Waals surface area contributed by atoms with E-state index in [4.69, 9.17) is 0 Å². The SMILES string of the molecule is CCCC(O)(CCC)C1=CCCCCCC1. The summed E-state index contributed by atoms with van der Waals surface area (Å²) in [6.45, 7) is 4.34. The summed E-state index contributed by atoms with van der Waals surface area (Å²) in [5.41, 5.74) is 0.858.